The summed E-state index contributed by atoms with van der Waals surface area (Å²) in [4.78, 5) is 12.6. The van der Waals surface area contributed by atoms with Gasteiger partial charge in [-0.2, -0.15) is 20.2 Å². The highest BCUT2D eigenvalue weighted by Gasteiger charge is 2.10. The van der Waals surface area contributed by atoms with Crippen molar-refractivity contribution in [1.82, 2.24) is 15.0 Å². The predicted molar refractivity (Wildman–Crippen MR) is 104 cm³/mol. The summed E-state index contributed by atoms with van der Waals surface area (Å²) in [6.45, 7) is 6.05. The highest BCUT2D eigenvalue weighted by Crippen LogP contribution is 2.25. The Morgan fingerprint density at radius 3 is 1.96 bits per heavy atom. The Balaban J connectivity index is 1.90. The van der Waals surface area contributed by atoms with Gasteiger partial charge in [0.15, 0.2) is 0 Å². The number of aromatic nitrogens is 3. The molecule has 1 heterocycles. The van der Waals surface area contributed by atoms with Crippen LogP contribution in [0.1, 0.15) is 22.3 Å². The molecule has 0 atom stereocenters. The molecule has 136 valence electrons. The van der Waals surface area contributed by atoms with E-state index in [-0.39, 0.29) is 17.8 Å². The first kappa shape index (κ1) is 18.1. The van der Waals surface area contributed by atoms with Gasteiger partial charge in [0.25, 0.3) is 5.95 Å². The summed E-state index contributed by atoms with van der Waals surface area (Å²) in [6.07, 6.45) is 0. The van der Waals surface area contributed by atoms with Crippen molar-refractivity contribution in [2.24, 2.45) is 0 Å². The summed E-state index contributed by atoms with van der Waals surface area (Å²) in [5, 5.41) is 24.3. The molecule has 3 aromatic rings. The molecule has 0 unspecified atom stereocenters. The SMILES string of the molecule is Cc1cc(C)c(Nc2nc(NO)nc(Nc3ccc(C#N)cc3)n2)c(C)c1. The van der Waals surface area contributed by atoms with Crippen LogP contribution in [0.4, 0.5) is 29.2 Å². The fraction of sp³-hybridized carbons (Fsp3) is 0.158. The lowest BCUT2D eigenvalue weighted by Crippen LogP contribution is -2.08. The number of nitriles is 1. The molecule has 0 saturated carbocycles. The number of nitrogens with zero attached hydrogens (tertiary/aromatic N) is 4. The molecule has 0 saturated heterocycles. The molecule has 2 aromatic carbocycles. The summed E-state index contributed by atoms with van der Waals surface area (Å²) in [5.41, 5.74) is 7.42. The molecule has 0 radical (unpaired) electrons. The summed E-state index contributed by atoms with van der Waals surface area (Å²) in [7, 11) is 0. The van der Waals surface area contributed by atoms with Crippen LogP contribution < -0.4 is 16.1 Å². The van der Waals surface area contributed by atoms with Crippen molar-refractivity contribution in [3.05, 3.63) is 58.7 Å². The minimum Gasteiger partial charge on any atom is -0.324 e. The van der Waals surface area contributed by atoms with Crippen molar-refractivity contribution in [3.63, 3.8) is 0 Å². The molecule has 8 nitrogen and oxygen atoms in total. The maximum atomic E-state index is 9.24. The van der Waals surface area contributed by atoms with Crippen LogP contribution in [-0.4, -0.2) is 20.2 Å². The van der Waals surface area contributed by atoms with E-state index >= 15 is 0 Å². The Morgan fingerprint density at radius 2 is 1.41 bits per heavy atom. The number of hydrogen-bond acceptors (Lipinski definition) is 8. The quantitative estimate of drug-likeness (QED) is 0.504. The molecular formula is C19H19N7O. The number of hydrogen-bond donors (Lipinski definition) is 4. The molecule has 0 aliphatic rings. The molecule has 4 N–H and O–H groups in total. The van der Waals surface area contributed by atoms with Gasteiger partial charge in [-0.05, 0) is 56.2 Å². The van der Waals surface area contributed by atoms with Crippen LogP contribution in [0, 0.1) is 32.1 Å². The number of benzene rings is 2. The second-order valence-corrected chi connectivity index (χ2v) is 6.13. The maximum absolute atomic E-state index is 9.24. The van der Waals surface area contributed by atoms with E-state index in [9.17, 15) is 5.21 Å². The smallest absolute Gasteiger partial charge is 0.253 e. The first-order chi connectivity index (χ1) is 13.0. The molecular weight excluding hydrogens is 342 g/mol. The molecule has 0 aliphatic carbocycles. The zero-order valence-electron chi connectivity index (χ0n) is 15.2. The number of rotatable bonds is 5. The van der Waals surface area contributed by atoms with Crippen LogP contribution in [0.25, 0.3) is 0 Å². The van der Waals surface area contributed by atoms with E-state index in [0.717, 1.165) is 16.8 Å². The zero-order valence-corrected chi connectivity index (χ0v) is 15.2. The Kier molecular flexibility index (Phi) is 5.15. The second kappa shape index (κ2) is 7.68. The van der Waals surface area contributed by atoms with Crippen LogP contribution >= 0.6 is 0 Å². The van der Waals surface area contributed by atoms with E-state index in [2.05, 4.69) is 43.8 Å². The van der Waals surface area contributed by atoms with Crippen molar-refractivity contribution >= 4 is 29.2 Å². The third-order valence-corrected chi connectivity index (χ3v) is 3.92. The first-order valence-electron chi connectivity index (χ1n) is 8.26. The largest absolute Gasteiger partial charge is 0.324 e. The van der Waals surface area contributed by atoms with E-state index in [1.165, 1.54) is 5.56 Å². The van der Waals surface area contributed by atoms with Gasteiger partial charge in [-0.1, -0.05) is 17.7 Å². The normalized spacial score (nSPS) is 10.2. The highest BCUT2D eigenvalue weighted by molar-refractivity contribution is 5.65. The van der Waals surface area contributed by atoms with Gasteiger partial charge in [0.1, 0.15) is 0 Å². The molecule has 8 heteroatoms. The first-order valence-corrected chi connectivity index (χ1v) is 8.26. The molecule has 0 fully saturated rings. The molecule has 27 heavy (non-hydrogen) atoms. The van der Waals surface area contributed by atoms with E-state index in [1.807, 2.05) is 26.3 Å². The molecule has 0 aliphatic heterocycles. The van der Waals surface area contributed by atoms with E-state index in [0.29, 0.717) is 11.3 Å². The topological polar surface area (TPSA) is 119 Å². The van der Waals surface area contributed by atoms with Gasteiger partial charge in [-0.25, -0.2) is 5.48 Å². The number of anilines is 5. The van der Waals surface area contributed by atoms with Crippen LogP contribution in [0.5, 0.6) is 0 Å². The average Bonchev–Trinajstić information content (AvgIpc) is 2.65. The summed E-state index contributed by atoms with van der Waals surface area (Å²) < 4.78 is 0. The summed E-state index contributed by atoms with van der Waals surface area (Å²) in [5.74, 6) is 0.537. The van der Waals surface area contributed by atoms with Gasteiger partial charge in [-0.3, -0.25) is 5.21 Å². The summed E-state index contributed by atoms with van der Waals surface area (Å²) >= 11 is 0. The van der Waals surface area contributed by atoms with Gasteiger partial charge in [0, 0.05) is 11.4 Å². The van der Waals surface area contributed by atoms with Crippen molar-refractivity contribution < 1.29 is 5.21 Å². The predicted octanol–water partition coefficient (Wildman–Crippen LogP) is 3.96. The van der Waals surface area contributed by atoms with Crippen LogP contribution in [0.3, 0.4) is 0 Å². The van der Waals surface area contributed by atoms with Crippen molar-refractivity contribution in [2.45, 2.75) is 20.8 Å². The van der Waals surface area contributed by atoms with Crippen molar-refractivity contribution in [3.8, 4) is 6.07 Å². The lowest BCUT2D eigenvalue weighted by atomic mass is 10.1. The minimum absolute atomic E-state index is 0.00561. The fourth-order valence-corrected chi connectivity index (χ4v) is 2.78. The van der Waals surface area contributed by atoms with Crippen LogP contribution in [0.2, 0.25) is 0 Å². The lowest BCUT2D eigenvalue weighted by Gasteiger charge is -2.14. The van der Waals surface area contributed by atoms with Crippen LogP contribution in [-0.2, 0) is 0 Å². The Morgan fingerprint density at radius 1 is 0.852 bits per heavy atom. The number of nitrogens with one attached hydrogen (secondary N) is 3. The minimum atomic E-state index is 0.00561. The summed E-state index contributed by atoms with van der Waals surface area (Å²) in [6, 6.07) is 13.1. The third-order valence-electron chi connectivity index (χ3n) is 3.92. The lowest BCUT2D eigenvalue weighted by molar-refractivity contribution is 0.382. The van der Waals surface area contributed by atoms with Gasteiger partial charge >= 0.3 is 0 Å². The van der Waals surface area contributed by atoms with Gasteiger partial charge in [0.2, 0.25) is 11.9 Å². The van der Waals surface area contributed by atoms with Crippen molar-refractivity contribution in [1.29, 1.82) is 5.26 Å². The van der Waals surface area contributed by atoms with Crippen LogP contribution in [0.15, 0.2) is 36.4 Å². The Bertz CT molecular complexity index is 987. The molecule has 0 bridgehead atoms. The van der Waals surface area contributed by atoms with Gasteiger partial charge in [0.05, 0.1) is 11.6 Å². The fourth-order valence-electron chi connectivity index (χ4n) is 2.78. The van der Waals surface area contributed by atoms with Crippen molar-refractivity contribution in [2.75, 3.05) is 16.1 Å². The molecule has 1 aromatic heterocycles. The average molecular weight is 361 g/mol. The molecule has 0 spiro atoms. The van der Waals surface area contributed by atoms with E-state index in [1.54, 1.807) is 24.3 Å². The van der Waals surface area contributed by atoms with Gasteiger partial charge in [-0.15, -0.1) is 0 Å². The van der Waals surface area contributed by atoms with E-state index in [4.69, 9.17) is 5.26 Å². The molecule has 0 amide bonds. The second-order valence-electron chi connectivity index (χ2n) is 6.13. The Hall–Kier alpha value is -3.70. The van der Waals surface area contributed by atoms with E-state index < -0.39 is 0 Å². The number of aryl methyl sites for hydroxylation is 3. The molecule has 3 rings (SSSR count). The highest BCUT2D eigenvalue weighted by atomic mass is 16.5. The standard InChI is InChI=1S/C19H19N7O/c1-11-8-12(2)16(13(3)9-11)22-18-23-17(24-19(25-18)26-27)21-15-6-4-14(10-20)5-7-15/h4-9,27H,1-3H3,(H3,21,22,23,24,25,26). The van der Waals surface area contributed by atoms with Gasteiger partial charge < -0.3 is 10.6 Å². The maximum Gasteiger partial charge on any atom is 0.253 e. The zero-order chi connectivity index (χ0) is 19.4. The third kappa shape index (κ3) is 4.29. The Labute approximate surface area is 156 Å². The monoisotopic (exact) mass is 361 g/mol.